The minimum absolute atomic E-state index is 0.442. The molecule has 2 heteroatoms. The Bertz CT molecular complexity index is 194. The highest BCUT2D eigenvalue weighted by molar-refractivity contribution is 4.61. The lowest BCUT2D eigenvalue weighted by molar-refractivity contribution is -0.0119. The third-order valence-electron chi connectivity index (χ3n) is 4.19. The molecule has 0 spiro atoms. The fraction of sp³-hybridized carbons (Fsp3) is 1.00. The van der Waals surface area contributed by atoms with Crippen molar-refractivity contribution < 1.29 is 9.47 Å². The van der Waals surface area contributed by atoms with E-state index in [0.717, 1.165) is 38.6 Å². The van der Waals surface area contributed by atoms with Gasteiger partial charge >= 0.3 is 0 Å². The van der Waals surface area contributed by atoms with Crippen molar-refractivity contribution in [3.05, 3.63) is 0 Å². The van der Waals surface area contributed by atoms with Crippen LogP contribution in [0.15, 0.2) is 0 Å². The van der Waals surface area contributed by atoms with Gasteiger partial charge in [0, 0.05) is 12.5 Å². The first-order valence-corrected chi connectivity index (χ1v) is 8.90. The van der Waals surface area contributed by atoms with Crippen LogP contribution in [0.2, 0.25) is 0 Å². The van der Waals surface area contributed by atoms with Crippen LogP contribution in [0.25, 0.3) is 0 Å². The highest BCUT2D eigenvalue weighted by Crippen LogP contribution is 2.14. The lowest BCUT2D eigenvalue weighted by Crippen LogP contribution is -2.22. The van der Waals surface area contributed by atoms with Crippen LogP contribution in [0.4, 0.5) is 0 Å². The van der Waals surface area contributed by atoms with Crippen molar-refractivity contribution in [2.75, 3.05) is 19.8 Å². The predicted molar refractivity (Wildman–Crippen MR) is 88.2 cm³/mol. The van der Waals surface area contributed by atoms with Crippen molar-refractivity contribution in [3.63, 3.8) is 0 Å². The van der Waals surface area contributed by atoms with Gasteiger partial charge in [-0.15, -0.1) is 0 Å². The molecule has 0 radical (unpaired) electrons. The van der Waals surface area contributed by atoms with Crippen LogP contribution in [-0.2, 0) is 9.47 Å². The van der Waals surface area contributed by atoms with E-state index in [1.54, 1.807) is 0 Å². The van der Waals surface area contributed by atoms with Gasteiger partial charge in [0.1, 0.15) is 0 Å². The molecule has 3 atom stereocenters. The fourth-order valence-electron chi connectivity index (χ4n) is 2.50. The zero-order valence-corrected chi connectivity index (χ0v) is 14.6. The molecule has 0 amide bonds. The van der Waals surface area contributed by atoms with Gasteiger partial charge in [0.25, 0.3) is 0 Å². The minimum atomic E-state index is 0.442. The Morgan fingerprint density at radius 1 is 0.650 bits per heavy atom. The molecule has 0 bridgehead atoms. The lowest BCUT2D eigenvalue weighted by atomic mass is 10.0. The second kappa shape index (κ2) is 13.9. The monoisotopic (exact) mass is 286 g/mol. The van der Waals surface area contributed by atoms with Crippen molar-refractivity contribution in [3.8, 4) is 0 Å². The third kappa shape index (κ3) is 9.77. The molecule has 0 aromatic rings. The van der Waals surface area contributed by atoms with Gasteiger partial charge in [-0.3, -0.25) is 0 Å². The van der Waals surface area contributed by atoms with Crippen molar-refractivity contribution in [1.29, 1.82) is 0 Å². The minimum Gasteiger partial charge on any atom is -0.381 e. The quantitative estimate of drug-likeness (QED) is 0.422. The van der Waals surface area contributed by atoms with E-state index < -0.39 is 0 Å². The van der Waals surface area contributed by atoms with Gasteiger partial charge < -0.3 is 9.47 Å². The molecule has 0 aromatic heterocycles. The first-order valence-electron chi connectivity index (χ1n) is 8.90. The summed E-state index contributed by atoms with van der Waals surface area (Å²) in [6.07, 6.45) is 8.89. The van der Waals surface area contributed by atoms with Crippen LogP contribution < -0.4 is 0 Å². The van der Waals surface area contributed by atoms with Gasteiger partial charge in [0.15, 0.2) is 0 Å². The summed E-state index contributed by atoms with van der Waals surface area (Å²) in [6, 6.07) is 0. The van der Waals surface area contributed by atoms with Crippen LogP contribution in [0.3, 0.4) is 0 Å². The predicted octanol–water partition coefficient (Wildman–Crippen LogP) is 5.45. The Morgan fingerprint density at radius 2 is 1.25 bits per heavy atom. The zero-order valence-electron chi connectivity index (χ0n) is 14.6. The standard InChI is InChI=1S/C18H38O2/c1-6-11-16(8-3)13-19-14-17(9-4)15-20-18(10-5)12-7-2/h16-18H,6-15H2,1-5H3. The maximum atomic E-state index is 6.04. The average Bonchev–Trinajstić information content (AvgIpc) is 2.48. The van der Waals surface area contributed by atoms with E-state index >= 15 is 0 Å². The van der Waals surface area contributed by atoms with Gasteiger partial charge in [-0.05, 0) is 31.6 Å². The Balaban J connectivity index is 3.85. The molecule has 0 fully saturated rings. The van der Waals surface area contributed by atoms with E-state index in [0.29, 0.717) is 12.0 Å². The largest absolute Gasteiger partial charge is 0.381 e. The molecule has 0 aliphatic carbocycles. The topological polar surface area (TPSA) is 18.5 Å². The molecule has 0 heterocycles. The maximum Gasteiger partial charge on any atom is 0.0572 e. The van der Waals surface area contributed by atoms with Gasteiger partial charge in [-0.25, -0.2) is 0 Å². The molecular formula is C18H38O2. The van der Waals surface area contributed by atoms with E-state index in [-0.39, 0.29) is 0 Å². The molecule has 3 unspecified atom stereocenters. The van der Waals surface area contributed by atoms with E-state index in [2.05, 4.69) is 34.6 Å². The third-order valence-corrected chi connectivity index (χ3v) is 4.19. The summed E-state index contributed by atoms with van der Waals surface area (Å²) in [6.45, 7) is 13.8. The number of hydrogen-bond donors (Lipinski definition) is 0. The molecule has 0 N–H and O–H groups in total. The van der Waals surface area contributed by atoms with Crippen molar-refractivity contribution in [2.24, 2.45) is 11.8 Å². The van der Waals surface area contributed by atoms with Crippen molar-refractivity contribution in [2.45, 2.75) is 85.7 Å². The zero-order chi connectivity index (χ0) is 15.2. The van der Waals surface area contributed by atoms with E-state index in [1.165, 1.54) is 32.1 Å². The molecule has 0 saturated carbocycles. The molecule has 122 valence electrons. The molecule has 0 aliphatic heterocycles. The van der Waals surface area contributed by atoms with Crippen molar-refractivity contribution >= 4 is 0 Å². The van der Waals surface area contributed by atoms with Crippen LogP contribution in [0.1, 0.15) is 79.6 Å². The van der Waals surface area contributed by atoms with E-state index in [9.17, 15) is 0 Å². The van der Waals surface area contributed by atoms with Crippen LogP contribution in [0.5, 0.6) is 0 Å². The van der Waals surface area contributed by atoms with Gasteiger partial charge in [-0.1, -0.05) is 53.9 Å². The van der Waals surface area contributed by atoms with Crippen molar-refractivity contribution in [1.82, 2.24) is 0 Å². The molecule has 0 aliphatic rings. The summed E-state index contributed by atoms with van der Waals surface area (Å²) in [7, 11) is 0. The normalized spacial score (nSPS) is 16.1. The second-order valence-electron chi connectivity index (χ2n) is 6.03. The van der Waals surface area contributed by atoms with Crippen LogP contribution >= 0.6 is 0 Å². The first kappa shape index (κ1) is 19.9. The van der Waals surface area contributed by atoms with Gasteiger partial charge in [0.2, 0.25) is 0 Å². The van der Waals surface area contributed by atoms with E-state index in [1.807, 2.05) is 0 Å². The highest BCUT2D eigenvalue weighted by Gasteiger charge is 2.12. The smallest absolute Gasteiger partial charge is 0.0572 e. The number of rotatable bonds is 14. The summed E-state index contributed by atoms with van der Waals surface area (Å²) in [4.78, 5) is 0. The Kier molecular flexibility index (Phi) is 13.8. The van der Waals surface area contributed by atoms with E-state index in [4.69, 9.17) is 9.47 Å². The molecular weight excluding hydrogens is 248 g/mol. The molecule has 0 rings (SSSR count). The summed E-state index contributed by atoms with van der Waals surface area (Å²) < 4.78 is 12.0. The molecule has 2 nitrogen and oxygen atoms in total. The highest BCUT2D eigenvalue weighted by atomic mass is 16.5. The SMILES string of the molecule is CCCC(CC)COCC(CC)COC(CC)CCC. The molecule has 0 aromatic carbocycles. The molecule has 0 saturated heterocycles. The molecule has 20 heavy (non-hydrogen) atoms. The first-order chi connectivity index (χ1) is 9.71. The number of ether oxygens (including phenoxy) is 2. The summed E-state index contributed by atoms with van der Waals surface area (Å²) in [5.41, 5.74) is 0. The second-order valence-corrected chi connectivity index (χ2v) is 6.03. The Hall–Kier alpha value is -0.0800. The van der Waals surface area contributed by atoms with Crippen LogP contribution in [-0.4, -0.2) is 25.9 Å². The summed E-state index contributed by atoms with van der Waals surface area (Å²) in [5, 5.41) is 0. The number of hydrogen-bond acceptors (Lipinski definition) is 2. The Morgan fingerprint density at radius 3 is 1.75 bits per heavy atom. The lowest BCUT2D eigenvalue weighted by Gasteiger charge is -2.21. The summed E-state index contributed by atoms with van der Waals surface area (Å²) >= 11 is 0. The van der Waals surface area contributed by atoms with Gasteiger partial charge in [-0.2, -0.15) is 0 Å². The van der Waals surface area contributed by atoms with Crippen LogP contribution in [0, 0.1) is 11.8 Å². The fourth-order valence-corrected chi connectivity index (χ4v) is 2.50. The maximum absolute atomic E-state index is 6.04. The Labute approximate surface area is 127 Å². The summed E-state index contributed by atoms with van der Waals surface area (Å²) in [5.74, 6) is 1.29. The van der Waals surface area contributed by atoms with Gasteiger partial charge in [0.05, 0.1) is 19.3 Å². The average molecular weight is 286 g/mol.